The number of rotatable bonds is 2. The molecule has 0 saturated carbocycles. The summed E-state index contributed by atoms with van der Waals surface area (Å²) in [5.41, 5.74) is 10.8. The fourth-order valence-electron chi connectivity index (χ4n) is 1.53. The lowest BCUT2D eigenvalue weighted by molar-refractivity contribution is 1.01. The number of guanidine groups is 1. The van der Waals surface area contributed by atoms with Crippen LogP contribution < -0.4 is 17.0 Å². The van der Waals surface area contributed by atoms with Crippen molar-refractivity contribution in [2.24, 2.45) is 16.6 Å². The average molecular weight is 226 g/mol. The Kier molecular flexibility index (Phi) is 3.37. The third-order valence-corrected chi connectivity index (χ3v) is 2.37. The number of nitrogens with one attached hydrogen (secondary N) is 1. The lowest BCUT2D eigenvalue weighted by Crippen LogP contribution is -2.36. The summed E-state index contributed by atoms with van der Waals surface area (Å²) in [7, 11) is 0. The maximum atomic E-state index is 5.47. The minimum Gasteiger partial charge on any atom is -0.369 e. The molecule has 0 radical (unpaired) electrons. The van der Waals surface area contributed by atoms with Crippen LogP contribution >= 0.6 is 0 Å². The molecule has 5 N–H and O–H groups in total. The van der Waals surface area contributed by atoms with Gasteiger partial charge >= 0.3 is 0 Å². The molecule has 0 unspecified atom stereocenters. The van der Waals surface area contributed by atoms with E-state index in [2.05, 4.69) is 22.6 Å². The number of benzene rings is 2. The second-order valence-corrected chi connectivity index (χ2v) is 3.55. The van der Waals surface area contributed by atoms with Crippen LogP contribution in [-0.2, 0) is 0 Å². The van der Waals surface area contributed by atoms with Crippen LogP contribution in [0.25, 0.3) is 11.1 Å². The van der Waals surface area contributed by atoms with Gasteiger partial charge in [0.2, 0.25) is 5.96 Å². The van der Waals surface area contributed by atoms with E-state index in [1.54, 1.807) is 0 Å². The number of hydrogen-bond acceptors (Lipinski definition) is 2. The Labute approximate surface area is 99.9 Å². The van der Waals surface area contributed by atoms with Gasteiger partial charge in [0.1, 0.15) is 0 Å². The first-order valence-electron chi connectivity index (χ1n) is 5.26. The molecule has 0 saturated heterocycles. The molecule has 0 aliphatic rings. The standard InChI is InChI=1S/C13H14N4/c14-13(17-15)16-12-8-6-11(7-9-12)10-4-2-1-3-5-10/h1-9H,15H2,(H3,14,16,17). The van der Waals surface area contributed by atoms with Crippen molar-refractivity contribution in [3.63, 3.8) is 0 Å². The molecule has 2 aromatic rings. The van der Waals surface area contributed by atoms with Gasteiger partial charge in [0, 0.05) is 0 Å². The first-order chi connectivity index (χ1) is 8.29. The first kappa shape index (κ1) is 11.2. The molecule has 0 aliphatic carbocycles. The first-order valence-corrected chi connectivity index (χ1v) is 5.26. The lowest BCUT2D eigenvalue weighted by atomic mass is 10.1. The minimum absolute atomic E-state index is 0.192. The summed E-state index contributed by atoms with van der Waals surface area (Å²) in [6, 6.07) is 17.9. The summed E-state index contributed by atoms with van der Waals surface area (Å²) in [6.45, 7) is 0. The molecule has 86 valence electrons. The van der Waals surface area contributed by atoms with Gasteiger partial charge in [-0.15, -0.1) is 0 Å². The fraction of sp³-hybridized carbons (Fsp3) is 0. The third kappa shape index (κ3) is 2.83. The summed E-state index contributed by atoms with van der Waals surface area (Å²) in [4.78, 5) is 4.07. The molecule has 0 fully saturated rings. The Morgan fingerprint density at radius 3 is 2.06 bits per heavy atom. The number of nitrogens with two attached hydrogens (primary N) is 2. The molecule has 0 bridgehead atoms. The molecule has 4 nitrogen and oxygen atoms in total. The molecule has 0 heterocycles. The highest BCUT2D eigenvalue weighted by molar-refractivity contribution is 5.80. The largest absolute Gasteiger partial charge is 0.369 e. The predicted octanol–water partition coefficient (Wildman–Crippen LogP) is 1.76. The van der Waals surface area contributed by atoms with Gasteiger partial charge in [-0.05, 0) is 23.3 Å². The Balaban J connectivity index is 2.25. The van der Waals surface area contributed by atoms with E-state index in [1.807, 2.05) is 42.5 Å². The topological polar surface area (TPSA) is 76.4 Å². The van der Waals surface area contributed by atoms with Crippen molar-refractivity contribution in [3.05, 3.63) is 54.6 Å². The molecule has 0 spiro atoms. The quantitative estimate of drug-likeness (QED) is 0.316. The van der Waals surface area contributed by atoms with Crippen LogP contribution in [0.15, 0.2) is 59.6 Å². The van der Waals surface area contributed by atoms with Gasteiger partial charge in [-0.1, -0.05) is 42.5 Å². The number of hydrogen-bond donors (Lipinski definition) is 3. The van der Waals surface area contributed by atoms with E-state index < -0.39 is 0 Å². The van der Waals surface area contributed by atoms with Gasteiger partial charge in [-0.25, -0.2) is 10.8 Å². The number of hydrazine groups is 1. The SMILES string of the molecule is NNC(N)=Nc1ccc(-c2ccccc2)cc1. The summed E-state index contributed by atoms with van der Waals surface area (Å²) in [5, 5.41) is 0. The second-order valence-electron chi connectivity index (χ2n) is 3.55. The summed E-state index contributed by atoms with van der Waals surface area (Å²) in [5.74, 6) is 5.33. The van der Waals surface area contributed by atoms with Gasteiger partial charge in [0.15, 0.2) is 0 Å². The lowest BCUT2D eigenvalue weighted by Gasteiger charge is -2.02. The molecule has 0 atom stereocenters. The van der Waals surface area contributed by atoms with Crippen LogP contribution in [0, 0.1) is 0 Å². The van der Waals surface area contributed by atoms with Crippen LogP contribution in [-0.4, -0.2) is 5.96 Å². The van der Waals surface area contributed by atoms with Crippen molar-refractivity contribution in [3.8, 4) is 11.1 Å². The van der Waals surface area contributed by atoms with Crippen molar-refractivity contribution in [2.75, 3.05) is 0 Å². The van der Waals surface area contributed by atoms with E-state index in [9.17, 15) is 0 Å². The minimum atomic E-state index is 0.192. The van der Waals surface area contributed by atoms with Gasteiger partial charge in [-0.3, -0.25) is 5.43 Å². The molecule has 17 heavy (non-hydrogen) atoms. The number of aliphatic imine (C=N–C) groups is 1. The molecule has 0 amide bonds. The zero-order chi connectivity index (χ0) is 12.1. The van der Waals surface area contributed by atoms with Crippen LogP contribution in [0.2, 0.25) is 0 Å². The average Bonchev–Trinajstić information content (AvgIpc) is 2.40. The molecular weight excluding hydrogens is 212 g/mol. The molecule has 0 aliphatic heterocycles. The van der Waals surface area contributed by atoms with Gasteiger partial charge in [-0.2, -0.15) is 0 Å². The van der Waals surface area contributed by atoms with Crippen molar-refractivity contribution in [2.45, 2.75) is 0 Å². The van der Waals surface area contributed by atoms with Gasteiger partial charge in [0.05, 0.1) is 5.69 Å². The van der Waals surface area contributed by atoms with E-state index in [4.69, 9.17) is 11.6 Å². The zero-order valence-corrected chi connectivity index (χ0v) is 9.30. The highest BCUT2D eigenvalue weighted by Gasteiger charge is 1.96. The Bertz CT molecular complexity index is 503. The maximum Gasteiger partial charge on any atom is 0.208 e. The van der Waals surface area contributed by atoms with Crippen molar-refractivity contribution >= 4 is 11.6 Å². The van der Waals surface area contributed by atoms with Crippen LogP contribution in [0.3, 0.4) is 0 Å². The molecular formula is C13H14N4. The smallest absolute Gasteiger partial charge is 0.208 e. The van der Waals surface area contributed by atoms with Crippen LogP contribution in [0.1, 0.15) is 0 Å². The van der Waals surface area contributed by atoms with E-state index >= 15 is 0 Å². The summed E-state index contributed by atoms with van der Waals surface area (Å²) < 4.78 is 0. The summed E-state index contributed by atoms with van der Waals surface area (Å²) in [6.07, 6.45) is 0. The maximum absolute atomic E-state index is 5.47. The predicted molar refractivity (Wildman–Crippen MR) is 70.5 cm³/mol. The van der Waals surface area contributed by atoms with E-state index in [0.29, 0.717) is 0 Å². The van der Waals surface area contributed by atoms with E-state index in [0.717, 1.165) is 11.3 Å². The molecule has 2 rings (SSSR count). The second kappa shape index (κ2) is 5.14. The van der Waals surface area contributed by atoms with Crippen molar-refractivity contribution in [1.29, 1.82) is 0 Å². The Hall–Kier alpha value is -2.33. The third-order valence-electron chi connectivity index (χ3n) is 2.37. The normalized spacial score (nSPS) is 11.2. The Morgan fingerprint density at radius 2 is 1.47 bits per heavy atom. The van der Waals surface area contributed by atoms with E-state index in [-0.39, 0.29) is 5.96 Å². The zero-order valence-electron chi connectivity index (χ0n) is 9.30. The monoisotopic (exact) mass is 226 g/mol. The highest BCUT2D eigenvalue weighted by Crippen LogP contribution is 2.21. The van der Waals surface area contributed by atoms with Gasteiger partial charge in [0.25, 0.3) is 0 Å². The van der Waals surface area contributed by atoms with Crippen LogP contribution in [0.4, 0.5) is 5.69 Å². The van der Waals surface area contributed by atoms with Gasteiger partial charge < -0.3 is 5.73 Å². The van der Waals surface area contributed by atoms with Crippen molar-refractivity contribution in [1.82, 2.24) is 5.43 Å². The summed E-state index contributed by atoms with van der Waals surface area (Å²) >= 11 is 0. The molecule has 0 aromatic heterocycles. The van der Waals surface area contributed by atoms with Crippen LogP contribution in [0.5, 0.6) is 0 Å². The number of nitrogens with zero attached hydrogens (tertiary/aromatic N) is 1. The van der Waals surface area contributed by atoms with Crippen molar-refractivity contribution < 1.29 is 0 Å². The Morgan fingerprint density at radius 1 is 0.882 bits per heavy atom. The highest BCUT2D eigenvalue weighted by atomic mass is 15.3. The molecule has 2 aromatic carbocycles. The van der Waals surface area contributed by atoms with E-state index in [1.165, 1.54) is 5.56 Å². The molecule has 4 heteroatoms. The fourth-order valence-corrected chi connectivity index (χ4v) is 1.53.